The highest BCUT2D eigenvalue weighted by molar-refractivity contribution is 5.69. The third kappa shape index (κ3) is 7.48. The van der Waals surface area contributed by atoms with Gasteiger partial charge in [0, 0.05) is 12.3 Å². The van der Waals surface area contributed by atoms with Gasteiger partial charge < -0.3 is 14.9 Å². The van der Waals surface area contributed by atoms with Gasteiger partial charge in [0.15, 0.2) is 0 Å². The van der Waals surface area contributed by atoms with Crippen LogP contribution in [0.1, 0.15) is 87.9 Å². The number of benzene rings is 1. The highest BCUT2D eigenvalue weighted by Gasteiger charge is 2.42. The molecule has 5 nitrogen and oxygen atoms in total. The zero-order valence-corrected chi connectivity index (χ0v) is 18.9. The van der Waals surface area contributed by atoms with Crippen molar-refractivity contribution in [1.29, 1.82) is 5.26 Å². The molecule has 1 aromatic rings. The molecule has 0 aliphatic heterocycles. The number of hydrogen-bond acceptors (Lipinski definition) is 5. The monoisotopic (exact) mass is 427 g/mol. The van der Waals surface area contributed by atoms with E-state index in [-0.39, 0.29) is 23.7 Å². The molecular weight excluding hydrogens is 390 g/mol. The summed E-state index contributed by atoms with van der Waals surface area (Å²) in [6.45, 7) is 2.15. The molecule has 5 heteroatoms. The first-order valence-electron chi connectivity index (χ1n) is 11.6. The fraction of sp³-hybridized carbons (Fsp3) is 0.615. The molecule has 0 aromatic heterocycles. The lowest BCUT2D eigenvalue weighted by atomic mass is 9.82. The van der Waals surface area contributed by atoms with E-state index in [1.807, 2.05) is 24.3 Å². The van der Waals surface area contributed by atoms with Crippen molar-refractivity contribution in [3.8, 4) is 6.07 Å². The van der Waals surface area contributed by atoms with Crippen molar-refractivity contribution in [2.75, 3.05) is 7.11 Å². The minimum Gasteiger partial charge on any atom is -0.469 e. The molecule has 0 amide bonds. The Morgan fingerprint density at radius 1 is 1.26 bits per heavy atom. The van der Waals surface area contributed by atoms with E-state index in [4.69, 9.17) is 0 Å². The van der Waals surface area contributed by atoms with Crippen LogP contribution in [-0.4, -0.2) is 29.4 Å². The number of aliphatic hydroxyl groups excluding tert-OH is 2. The van der Waals surface area contributed by atoms with Crippen LogP contribution in [0.2, 0.25) is 0 Å². The molecule has 1 aliphatic carbocycles. The summed E-state index contributed by atoms with van der Waals surface area (Å²) >= 11 is 0. The Kier molecular flexibility index (Phi) is 10.8. The highest BCUT2D eigenvalue weighted by Crippen LogP contribution is 2.45. The van der Waals surface area contributed by atoms with Crippen LogP contribution in [-0.2, 0) is 9.53 Å². The second-order valence-corrected chi connectivity index (χ2v) is 8.58. The number of ether oxygens (including phenoxy) is 1. The quantitative estimate of drug-likeness (QED) is 0.272. The van der Waals surface area contributed by atoms with Crippen molar-refractivity contribution in [1.82, 2.24) is 0 Å². The number of nitrogens with zero attached hydrogens (tertiary/aromatic N) is 1. The lowest BCUT2D eigenvalue weighted by molar-refractivity contribution is -0.140. The Labute approximate surface area is 186 Å². The maximum atomic E-state index is 11.2. The predicted molar refractivity (Wildman–Crippen MR) is 121 cm³/mol. The summed E-state index contributed by atoms with van der Waals surface area (Å²) in [6.07, 6.45) is 10.3. The van der Waals surface area contributed by atoms with E-state index in [1.54, 1.807) is 0 Å². The molecule has 0 bridgehead atoms. The Morgan fingerprint density at radius 2 is 2.00 bits per heavy atom. The van der Waals surface area contributed by atoms with Gasteiger partial charge in [0.1, 0.15) is 0 Å². The lowest BCUT2D eigenvalue weighted by Gasteiger charge is -2.23. The van der Waals surface area contributed by atoms with Gasteiger partial charge in [-0.1, -0.05) is 62.6 Å². The Bertz CT molecular complexity index is 737. The van der Waals surface area contributed by atoms with Crippen molar-refractivity contribution in [3.05, 3.63) is 47.5 Å². The first-order valence-corrected chi connectivity index (χ1v) is 11.6. The molecule has 0 spiro atoms. The molecular formula is C26H37NO4. The standard InChI is InChI=1S/C26H37NO4/c1-3-4-7-11-23(28)19-13-15-20(16-14-19)26-22(21(18-27)17-24(26)29)10-8-5-6-9-12-25(30)31-2/h5,8,13-16,21-24,26,28-29H,3-4,6-7,9-12,17H2,1-2H3/b8-5-/t21-,22-,23?,24+,26+/m0/s1. The molecule has 1 aliphatic rings. The number of unbranched alkanes of at least 4 members (excludes halogenated alkanes) is 3. The van der Waals surface area contributed by atoms with Gasteiger partial charge in [-0.25, -0.2) is 0 Å². The number of hydrogen-bond donors (Lipinski definition) is 2. The maximum Gasteiger partial charge on any atom is 0.305 e. The molecule has 1 unspecified atom stereocenters. The highest BCUT2D eigenvalue weighted by atomic mass is 16.5. The molecule has 5 atom stereocenters. The van der Waals surface area contributed by atoms with E-state index in [0.717, 1.165) is 56.1 Å². The van der Waals surface area contributed by atoms with Crippen LogP contribution < -0.4 is 0 Å². The summed E-state index contributed by atoms with van der Waals surface area (Å²) in [5.74, 6) is -0.414. The number of esters is 1. The van der Waals surface area contributed by atoms with E-state index >= 15 is 0 Å². The molecule has 0 radical (unpaired) electrons. The largest absolute Gasteiger partial charge is 0.469 e. The van der Waals surface area contributed by atoms with Crippen molar-refractivity contribution in [2.45, 2.75) is 82.8 Å². The Balaban J connectivity index is 2.00. The van der Waals surface area contributed by atoms with E-state index in [0.29, 0.717) is 12.8 Å². The summed E-state index contributed by atoms with van der Waals surface area (Å²) < 4.78 is 4.65. The van der Waals surface area contributed by atoms with Gasteiger partial charge in [-0.05, 0) is 49.1 Å². The van der Waals surface area contributed by atoms with Crippen LogP contribution in [0.5, 0.6) is 0 Å². The smallest absolute Gasteiger partial charge is 0.305 e. The van der Waals surface area contributed by atoms with Gasteiger partial charge in [0.05, 0.1) is 31.3 Å². The van der Waals surface area contributed by atoms with Crippen LogP contribution in [0.15, 0.2) is 36.4 Å². The average Bonchev–Trinajstić information content (AvgIpc) is 3.11. The maximum absolute atomic E-state index is 11.2. The van der Waals surface area contributed by atoms with Crippen LogP contribution in [0, 0.1) is 23.2 Å². The Hall–Kier alpha value is -2.16. The Morgan fingerprint density at radius 3 is 2.65 bits per heavy atom. The second-order valence-electron chi connectivity index (χ2n) is 8.58. The van der Waals surface area contributed by atoms with Gasteiger partial charge in [-0.2, -0.15) is 5.26 Å². The molecule has 2 N–H and O–H groups in total. The number of nitriles is 1. The second kappa shape index (κ2) is 13.3. The van der Waals surface area contributed by atoms with Crippen LogP contribution in [0.25, 0.3) is 0 Å². The van der Waals surface area contributed by atoms with Gasteiger partial charge >= 0.3 is 5.97 Å². The number of aliphatic hydroxyl groups is 2. The summed E-state index contributed by atoms with van der Waals surface area (Å²) in [7, 11) is 1.39. The number of carbonyl (C=O) groups is 1. The number of rotatable bonds is 12. The predicted octanol–water partition coefficient (Wildman–Crippen LogP) is 5.19. The van der Waals surface area contributed by atoms with E-state index in [1.165, 1.54) is 7.11 Å². The minimum atomic E-state index is -0.539. The molecule has 1 fully saturated rings. The molecule has 170 valence electrons. The summed E-state index contributed by atoms with van der Waals surface area (Å²) in [6, 6.07) is 10.3. The van der Waals surface area contributed by atoms with Crippen LogP contribution in [0.4, 0.5) is 0 Å². The molecule has 0 heterocycles. The minimum absolute atomic E-state index is 0.0529. The van der Waals surface area contributed by atoms with Gasteiger partial charge in [-0.3, -0.25) is 4.79 Å². The summed E-state index contributed by atoms with van der Waals surface area (Å²) in [4.78, 5) is 11.2. The summed E-state index contributed by atoms with van der Waals surface area (Å²) in [5, 5.41) is 30.7. The zero-order chi connectivity index (χ0) is 22.6. The zero-order valence-electron chi connectivity index (χ0n) is 18.9. The number of allylic oxidation sites excluding steroid dienone is 2. The summed E-state index contributed by atoms with van der Waals surface area (Å²) in [5.41, 5.74) is 1.94. The van der Waals surface area contributed by atoms with Gasteiger partial charge in [-0.15, -0.1) is 0 Å². The number of carbonyl (C=O) groups excluding carboxylic acids is 1. The van der Waals surface area contributed by atoms with Crippen molar-refractivity contribution >= 4 is 5.97 Å². The first kappa shape index (κ1) is 25.1. The van der Waals surface area contributed by atoms with Gasteiger partial charge in [0.2, 0.25) is 0 Å². The van der Waals surface area contributed by atoms with Crippen LogP contribution in [0.3, 0.4) is 0 Å². The van der Waals surface area contributed by atoms with E-state index < -0.39 is 12.2 Å². The normalized spacial score (nSPS) is 24.2. The van der Waals surface area contributed by atoms with Gasteiger partial charge in [0.25, 0.3) is 0 Å². The SMILES string of the molecule is CCCCCC(O)c1ccc([C@@H]2[C@@H](C/C=C\CCCC(=O)OC)[C@H](C#N)C[C@H]2O)cc1. The lowest BCUT2D eigenvalue weighted by Crippen LogP contribution is -2.18. The first-order chi connectivity index (χ1) is 15.0. The fourth-order valence-electron chi connectivity index (χ4n) is 4.58. The third-order valence-corrected chi connectivity index (χ3v) is 6.40. The topological polar surface area (TPSA) is 90.5 Å². The van der Waals surface area contributed by atoms with Crippen molar-refractivity contribution in [3.63, 3.8) is 0 Å². The average molecular weight is 428 g/mol. The fourth-order valence-corrected chi connectivity index (χ4v) is 4.58. The molecule has 31 heavy (non-hydrogen) atoms. The van der Waals surface area contributed by atoms with Crippen molar-refractivity contribution in [2.24, 2.45) is 11.8 Å². The molecule has 1 saturated carbocycles. The van der Waals surface area contributed by atoms with Crippen molar-refractivity contribution < 1.29 is 19.7 Å². The van der Waals surface area contributed by atoms with E-state index in [9.17, 15) is 20.3 Å². The third-order valence-electron chi connectivity index (χ3n) is 6.40. The molecule has 2 rings (SSSR count). The molecule has 1 aromatic carbocycles. The number of methoxy groups -OCH3 is 1. The molecule has 0 saturated heterocycles. The van der Waals surface area contributed by atoms with Crippen LogP contribution >= 0.6 is 0 Å². The van der Waals surface area contributed by atoms with E-state index in [2.05, 4.69) is 29.9 Å².